The van der Waals surface area contributed by atoms with Crippen molar-refractivity contribution in [1.29, 1.82) is 0 Å². The molecule has 1 unspecified atom stereocenters. The molecule has 0 radical (unpaired) electrons. The number of nitrogens with zero attached hydrogens (tertiary/aromatic N) is 4. The summed E-state index contributed by atoms with van der Waals surface area (Å²) in [5, 5.41) is 13.5. The third-order valence-corrected chi connectivity index (χ3v) is 3.64. The zero-order valence-corrected chi connectivity index (χ0v) is 10.7. The molecule has 2 saturated heterocycles. The molecule has 1 atom stereocenters. The van der Waals surface area contributed by atoms with Crippen LogP contribution in [0.15, 0.2) is 12.1 Å². The van der Waals surface area contributed by atoms with E-state index >= 15 is 0 Å². The van der Waals surface area contributed by atoms with Crippen molar-refractivity contribution in [2.24, 2.45) is 0 Å². The van der Waals surface area contributed by atoms with E-state index in [-0.39, 0.29) is 23.6 Å². The van der Waals surface area contributed by atoms with Gasteiger partial charge in [-0.15, -0.1) is 0 Å². The van der Waals surface area contributed by atoms with Gasteiger partial charge in [-0.05, 0) is 6.07 Å². The SMILES string of the molecule is Nc1nc(N2CCN3C(=O)NCC3C2)ccc1[N+](=O)[O-]. The average molecular weight is 278 g/mol. The first kappa shape index (κ1) is 12.5. The van der Waals surface area contributed by atoms with Crippen molar-refractivity contribution in [3.63, 3.8) is 0 Å². The van der Waals surface area contributed by atoms with Crippen LogP contribution in [0.2, 0.25) is 0 Å². The maximum absolute atomic E-state index is 11.5. The van der Waals surface area contributed by atoms with Gasteiger partial charge in [0.1, 0.15) is 5.82 Å². The Hall–Kier alpha value is -2.58. The van der Waals surface area contributed by atoms with Crippen LogP contribution in [0.1, 0.15) is 0 Å². The molecule has 0 aliphatic carbocycles. The summed E-state index contributed by atoms with van der Waals surface area (Å²) >= 11 is 0. The van der Waals surface area contributed by atoms with Crippen molar-refractivity contribution in [3.05, 3.63) is 22.2 Å². The first-order valence-electron chi connectivity index (χ1n) is 6.26. The number of rotatable bonds is 2. The molecule has 9 nitrogen and oxygen atoms in total. The fourth-order valence-corrected chi connectivity index (χ4v) is 2.60. The highest BCUT2D eigenvalue weighted by Crippen LogP contribution is 2.25. The van der Waals surface area contributed by atoms with Gasteiger partial charge in [0, 0.05) is 32.2 Å². The second-order valence-corrected chi connectivity index (χ2v) is 4.81. The molecule has 106 valence electrons. The highest BCUT2D eigenvalue weighted by atomic mass is 16.6. The van der Waals surface area contributed by atoms with Gasteiger partial charge in [0.2, 0.25) is 5.82 Å². The first-order chi connectivity index (χ1) is 9.56. The predicted octanol–water partition coefficient (Wildman–Crippen LogP) is -0.214. The van der Waals surface area contributed by atoms with E-state index in [2.05, 4.69) is 10.3 Å². The van der Waals surface area contributed by atoms with Gasteiger partial charge in [-0.25, -0.2) is 9.78 Å². The maximum Gasteiger partial charge on any atom is 0.317 e. The molecule has 2 aliphatic rings. The van der Waals surface area contributed by atoms with Crippen LogP contribution < -0.4 is 16.0 Å². The summed E-state index contributed by atoms with van der Waals surface area (Å²) in [6, 6.07) is 3.02. The number of nitrogen functional groups attached to an aromatic ring is 1. The first-order valence-corrected chi connectivity index (χ1v) is 6.26. The molecule has 9 heteroatoms. The van der Waals surface area contributed by atoms with Crippen molar-refractivity contribution in [2.75, 3.05) is 36.8 Å². The minimum Gasteiger partial charge on any atom is -0.378 e. The molecule has 2 aliphatic heterocycles. The lowest BCUT2D eigenvalue weighted by Crippen LogP contribution is -2.52. The molecular formula is C11H14N6O3. The number of pyridine rings is 1. The van der Waals surface area contributed by atoms with Gasteiger partial charge in [-0.1, -0.05) is 0 Å². The Bertz CT molecular complexity index is 577. The van der Waals surface area contributed by atoms with Crippen LogP contribution in [-0.2, 0) is 0 Å². The fourth-order valence-electron chi connectivity index (χ4n) is 2.60. The summed E-state index contributed by atoms with van der Waals surface area (Å²) in [6.45, 7) is 2.49. The normalized spacial score (nSPS) is 21.6. The summed E-state index contributed by atoms with van der Waals surface area (Å²) in [4.78, 5) is 29.5. The maximum atomic E-state index is 11.5. The predicted molar refractivity (Wildman–Crippen MR) is 71.4 cm³/mol. The van der Waals surface area contributed by atoms with E-state index in [1.54, 1.807) is 11.0 Å². The Labute approximate surface area is 114 Å². The Kier molecular flexibility index (Phi) is 2.81. The largest absolute Gasteiger partial charge is 0.378 e. The molecule has 0 aromatic carbocycles. The van der Waals surface area contributed by atoms with Gasteiger partial charge in [0.25, 0.3) is 0 Å². The summed E-state index contributed by atoms with van der Waals surface area (Å²) in [7, 11) is 0. The fraction of sp³-hybridized carbons (Fsp3) is 0.455. The number of hydrogen-bond acceptors (Lipinski definition) is 6. The number of nitrogens with two attached hydrogens (primary N) is 1. The van der Waals surface area contributed by atoms with Crippen LogP contribution in [0.5, 0.6) is 0 Å². The monoisotopic (exact) mass is 278 g/mol. The highest BCUT2D eigenvalue weighted by molar-refractivity contribution is 5.77. The Morgan fingerprint density at radius 2 is 2.25 bits per heavy atom. The molecule has 3 N–H and O–H groups in total. The van der Waals surface area contributed by atoms with E-state index in [0.29, 0.717) is 32.0 Å². The lowest BCUT2D eigenvalue weighted by molar-refractivity contribution is -0.384. The number of carbonyl (C=O) groups excluding carboxylic acids is 1. The molecule has 3 rings (SSSR count). The van der Waals surface area contributed by atoms with E-state index in [4.69, 9.17) is 5.73 Å². The van der Waals surface area contributed by atoms with Gasteiger partial charge in [0.05, 0.1) is 11.0 Å². The second kappa shape index (κ2) is 4.51. The average Bonchev–Trinajstić information content (AvgIpc) is 2.79. The van der Waals surface area contributed by atoms with Crippen LogP contribution >= 0.6 is 0 Å². The van der Waals surface area contributed by atoms with Crippen LogP contribution in [0, 0.1) is 10.1 Å². The Morgan fingerprint density at radius 3 is 2.95 bits per heavy atom. The molecule has 3 heterocycles. The quantitative estimate of drug-likeness (QED) is 0.570. The number of hydrogen-bond donors (Lipinski definition) is 2. The standard InChI is InChI=1S/C11H14N6O3/c12-10-8(17(19)20)1-2-9(14-10)15-3-4-16-7(6-15)5-13-11(16)18/h1-2,7H,3-6H2,(H2,12,14)(H,13,18). The Balaban J connectivity index is 1.79. The number of carbonyl (C=O) groups is 1. The van der Waals surface area contributed by atoms with E-state index in [1.165, 1.54) is 6.07 Å². The number of aromatic nitrogens is 1. The van der Waals surface area contributed by atoms with Crippen molar-refractivity contribution in [2.45, 2.75) is 6.04 Å². The number of fused-ring (bicyclic) bond motifs is 1. The van der Waals surface area contributed by atoms with Gasteiger partial charge in [-0.3, -0.25) is 10.1 Å². The Morgan fingerprint density at radius 1 is 1.45 bits per heavy atom. The molecule has 0 spiro atoms. The van der Waals surface area contributed by atoms with Crippen molar-refractivity contribution in [1.82, 2.24) is 15.2 Å². The van der Waals surface area contributed by atoms with E-state index in [0.717, 1.165) is 0 Å². The second-order valence-electron chi connectivity index (χ2n) is 4.81. The minimum atomic E-state index is -0.552. The van der Waals surface area contributed by atoms with Gasteiger partial charge < -0.3 is 20.9 Å². The van der Waals surface area contributed by atoms with E-state index < -0.39 is 4.92 Å². The van der Waals surface area contributed by atoms with Crippen molar-refractivity contribution >= 4 is 23.4 Å². The van der Waals surface area contributed by atoms with Gasteiger partial charge in [0.15, 0.2) is 0 Å². The molecule has 1 aromatic heterocycles. The molecule has 1 aromatic rings. The third-order valence-electron chi connectivity index (χ3n) is 3.64. The zero-order valence-electron chi connectivity index (χ0n) is 10.7. The van der Waals surface area contributed by atoms with E-state index in [9.17, 15) is 14.9 Å². The molecule has 2 fully saturated rings. The smallest absolute Gasteiger partial charge is 0.317 e. The van der Waals surface area contributed by atoms with Crippen LogP contribution in [0.3, 0.4) is 0 Å². The van der Waals surface area contributed by atoms with Crippen molar-refractivity contribution < 1.29 is 9.72 Å². The summed E-state index contributed by atoms with van der Waals surface area (Å²) in [6.07, 6.45) is 0. The van der Waals surface area contributed by atoms with Crippen LogP contribution in [0.4, 0.5) is 22.1 Å². The van der Waals surface area contributed by atoms with Crippen molar-refractivity contribution in [3.8, 4) is 0 Å². The molecule has 2 amide bonds. The number of piperazine rings is 1. The zero-order chi connectivity index (χ0) is 14.3. The summed E-state index contributed by atoms with van der Waals surface area (Å²) in [5.74, 6) is 0.516. The van der Waals surface area contributed by atoms with Gasteiger partial charge >= 0.3 is 11.7 Å². The highest BCUT2D eigenvalue weighted by Gasteiger charge is 2.35. The number of nitro groups is 1. The number of urea groups is 1. The molecule has 0 saturated carbocycles. The third kappa shape index (κ3) is 1.96. The molecule has 20 heavy (non-hydrogen) atoms. The lowest BCUT2D eigenvalue weighted by Gasteiger charge is -2.37. The van der Waals surface area contributed by atoms with E-state index in [1.807, 2.05) is 4.90 Å². The molecular weight excluding hydrogens is 264 g/mol. The molecule has 0 bridgehead atoms. The summed E-state index contributed by atoms with van der Waals surface area (Å²) in [5.41, 5.74) is 5.41. The van der Waals surface area contributed by atoms with Gasteiger partial charge in [-0.2, -0.15) is 0 Å². The van der Waals surface area contributed by atoms with Crippen LogP contribution in [0.25, 0.3) is 0 Å². The number of nitrogens with one attached hydrogen (secondary N) is 1. The summed E-state index contributed by atoms with van der Waals surface area (Å²) < 4.78 is 0. The lowest BCUT2D eigenvalue weighted by atomic mass is 10.2. The number of anilines is 2. The topological polar surface area (TPSA) is 118 Å². The minimum absolute atomic E-state index is 0.0363. The number of amides is 2. The van der Waals surface area contributed by atoms with Crippen LogP contribution in [-0.4, -0.2) is 53.1 Å².